The molecular formula is C23H21N3O3S. The normalized spacial score (nSPS) is 14.6. The first-order valence-corrected chi connectivity index (χ1v) is 10.5. The fourth-order valence-corrected chi connectivity index (χ4v) is 4.01. The molecule has 0 radical (unpaired) electrons. The van der Waals surface area contributed by atoms with E-state index in [1.54, 1.807) is 31.2 Å². The Labute approximate surface area is 179 Å². The standard InChI is InChI=1S/C23H21N3O3S/c1-23(15-25,18-10-11-18)26-21(27)13-29-22(28)19-4-2-3-5-20(19)30-14-17-8-6-16(12-24)7-9-17/h2-9,18H,10-11,13-14H2,1H3,(H,26,27)/t23-/m0/s1. The van der Waals surface area contributed by atoms with Crippen LogP contribution in [0, 0.1) is 28.6 Å². The van der Waals surface area contributed by atoms with Gasteiger partial charge in [-0.15, -0.1) is 11.8 Å². The second kappa shape index (κ2) is 9.47. The summed E-state index contributed by atoms with van der Waals surface area (Å²) in [4.78, 5) is 25.4. The molecule has 7 heteroatoms. The average molecular weight is 420 g/mol. The zero-order valence-electron chi connectivity index (χ0n) is 16.6. The molecule has 0 aromatic heterocycles. The molecule has 0 saturated heterocycles. The van der Waals surface area contributed by atoms with Crippen LogP contribution in [0.5, 0.6) is 0 Å². The van der Waals surface area contributed by atoms with Crippen molar-refractivity contribution < 1.29 is 14.3 Å². The predicted molar refractivity (Wildman–Crippen MR) is 112 cm³/mol. The number of hydrogen-bond acceptors (Lipinski definition) is 6. The number of hydrogen-bond donors (Lipinski definition) is 1. The molecule has 1 atom stereocenters. The molecule has 0 bridgehead atoms. The molecule has 0 heterocycles. The number of amides is 1. The Morgan fingerprint density at radius 3 is 2.50 bits per heavy atom. The van der Waals surface area contributed by atoms with E-state index in [1.807, 2.05) is 24.3 Å². The van der Waals surface area contributed by atoms with Crippen LogP contribution in [0.1, 0.15) is 41.3 Å². The molecule has 1 aliphatic rings. The highest BCUT2D eigenvalue weighted by atomic mass is 32.2. The molecule has 0 unspecified atom stereocenters. The van der Waals surface area contributed by atoms with Crippen molar-refractivity contribution in [1.29, 1.82) is 10.5 Å². The number of rotatable bonds is 8. The van der Waals surface area contributed by atoms with E-state index in [-0.39, 0.29) is 5.92 Å². The molecule has 1 N–H and O–H groups in total. The minimum atomic E-state index is -0.918. The van der Waals surface area contributed by atoms with Crippen LogP contribution < -0.4 is 5.32 Å². The van der Waals surface area contributed by atoms with E-state index >= 15 is 0 Å². The lowest BCUT2D eigenvalue weighted by molar-refractivity contribution is -0.125. The molecule has 6 nitrogen and oxygen atoms in total. The van der Waals surface area contributed by atoms with E-state index in [0.29, 0.717) is 16.9 Å². The summed E-state index contributed by atoms with van der Waals surface area (Å²) in [5.74, 6) is -0.292. The van der Waals surface area contributed by atoms with Gasteiger partial charge in [-0.25, -0.2) is 4.79 Å². The number of nitrogens with zero attached hydrogens (tertiary/aromatic N) is 2. The molecule has 1 fully saturated rings. The Bertz CT molecular complexity index is 1020. The van der Waals surface area contributed by atoms with Crippen molar-refractivity contribution in [3.8, 4) is 12.1 Å². The van der Waals surface area contributed by atoms with Crippen LogP contribution in [-0.4, -0.2) is 24.0 Å². The molecule has 0 aliphatic heterocycles. The summed E-state index contributed by atoms with van der Waals surface area (Å²) >= 11 is 1.47. The maximum Gasteiger partial charge on any atom is 0.339 e. The van der Waals surface area contributed by atoms with Gasteiger partial charge in [-0.05, 0) is 55.5 Å². The van der Waals surface area contributed by atoms with E-state index in [9.17, 15) is 14.9 Å². The second-order valence-corrected chi connectivity index (χ2v) is 8.32. The number of nitriles is 2. The Morgan fingerprint density at radius 2 is 1.87 bits per heavy atom. The first-order valence-electron chi connectivity index (χ1n) is 9.55. The molecule has 3 rings (SSSR count). The number of carbonyl (C=O) groups is 2. The van der Waals surface area contributed by atoms with Crippen molar-refractivity contribution in [2.45, 2.75) is 36.0 Å². The highest BCUT2D eigenvalue weighted by Crippen LogP contribution is 2.39. The van der Waals surface area contributed by atoms with E-state index in [1.165, 1.54) is 11.8 Å². The molecule has 1 saturated carbocycles. The second-order valence-electron chi connectivity index (χ2n) is 7.31. The summed E-state index contributed by atoms with van der Waals surface area (Å²) in [5, 5.41) is 20.9. The number of carbonyl (C=O) groups excluding carboxylic acids is 2. The third kappa shape index (κ3) is 5.40. The zero-order chi connectivity index (χ0) is 21.6. The largest absolute Gasteiger partial charge is 0.452 e. The van der Waals surface area contributed by atoms with Gasteiger partial charge >= 0.3 is 5.97 Å². The molecule has 0 spiro atoms. The summed E-state index contributed by atoms with van der Waals surface area (Å²) in [6.45, 7) is 1.26. The number of thioether (sulfide) groups is 1. The maximum absolute atomic E-state index is 12.5. The summed E-state index contributed by atoms with van der Waals surface area (Å²) in [7, 11) is 0. The highest BCUT2D eigenvalue weighted by Gasteiger charge is 2.43. The van der Waals surface area contributed by atoms with Gasteiger partial charge in [-0.1, -0.05) is 24.3 Å². The Kier molecular flexibility index (Phi) is 6.76. The van der Waals surface area contributed by atoms with E-state index < -0.39 is 24.0 Å². The fourth-order valence-electron chi connectivity index (χ4n) is 3.01. The quantitative estimate of drug-likeness (QED) is 0.515. The topological polar surface area (TPSA) is 103 Å². The van der Waals surface area contributed by atoms with Crippen LogP contribution in [0.2, 0.25) is 0 Å². The number of esters is 1. The first-order chi connectivity index (χ1) is 14.4. The number of nitrogens with one attached hydrogen (secondary N) is 1. The summed E-state index contributed by atoms with van der Waals surface area (Å²) < 4.78 is 5.19. The van der Waals surface area contributed by atoms with Crippen LogP contribution in [0.25, 0.3) is 0 Å². The maximum atomic E-state index is 12.5. The lowest BCUT2D eigenvalue weighted by Crippen LogP contribution is -2.48. The van der Waals surface area contributed by atoms with Gasteiger partial charge in [-0.2, -0.15) is 10.5 Å². The van der Waals surface area contributed by atoms with Gasteiger partial charge < -0.3 is 10.1 Å². The average Bonchev–Trinajstić information content (AvgIpc) is 3.62. The Morgan fingerprint density at radius 1 is 1.17 bits per heavy atom. The van der Waals surface area contributed by atoms with Crippen LogP contribution in [0.4, 0.5) is 0 Å². The number of ether oxygens (including phenoxy) is 1. The summed E-state index contributed by atoms with van der Waals surface area (Å²) in [6.07, 6.45) is 1.82. The van der Waals surface area contributed by atoms with Crippen LogP contribution in [0.15, 0.2) is 53.4 Å². The molecule has 2 aromatic rings. The molecule has 1 aliphatic carbocycles. The lowest BCUT2D eigenvalue weighted by atomic mass is 9.98. The Hall–Kier alpha value is -3.29. The monoisotopic (exact) mass is 419 g/mol. The summed E-state index contributed by atoms with van der Waals surface area (Å²) in [5.41, 5.74) is 1.09. The van der Waals surface area contributed by atoms with Gasteiger partial charge in [0.25, 0.3) is 5.91 Å². The van der Waals surface area contributed by atoms with Crippen molar-refractivity contribution in [3.63, 3.8) is 0 Å². The van der Waals surface area contributed by atoms with Gasteiger partial charge in [0, 0.05) is 10.6 Å². The minimum Gasteiger partial charge on any atom is -0.452 e. The van der Waals surface area contributed by atoms with Gasteiger partial charge in [-0.3, -0.25) is 4.79 Å². The van der Waals surface area contributed by atoms with E-state index in [2.05, 4.69) is 17.5 Å². The first kappa shape index (κ1) is 21.4. The minimum absolute atomic E-state index is 0.154. The predicted octanol–water partition coefficient (Wildman–Crippen LogP) is 3.82. The van der Waals surface area contributed by atoms with Crippen LogP contribution in [0.3, 0.4) is 0 Å². The van der Waals surface area contributed by atoms with E-state index in [0.717, 1.165) is 23.3 Å². The fraction of sp³-hybridized carbons (Fsp3) is 0.304. The molecule has 1 amide bonds. The SMILES string of the molecule is C[C@@](C#N)(NC(=O)COC(=O)c1ccccc1SCc1ccc(C#N)cc1)C1CC1. The summed E-state index contributed by atoms with van der Waals surface area (Å²) in [6, 6.07) is 18.5. The van der Waals surface area contributed by atoms with Crippen LogP contribution >= 0.6 is 11.8 Å². The number of benzene rings is 2. The van der Waals surface area contributed by atoms with Crippen molar-refractivity contribution in [3.05, 3.63) is 65.2 Å². The van der Waals surface area contributed by atoms with Gasteiger partial charge in [0.2, 0.25) is 0 Å². The van der Waals surface area contributed by atoms with Crippen LogP contribution in [-0.2, 0) is 15.3 Å². The zero-order valence-corrected chi connectivity index (χ0v) is 17.4. The molecule has 152 valence electrons. The smallest absolute Gasteiger partial charge is 0.339 e. The van der Waals surface area contributed by atoms with Gasteiger partial charge in [0.05, 0.1) is 23.3 Å². The molecular weight excluding hydrogens is 398 g/mol. The van der Waals surface area contributed by atoms with Crippen molar-refractivity contribution >= 4 is 23.6 Å². The highest BCUT2D eigenvalue weighted by molar-refractivity contribution is 7.98. The lowest BCUT2D eigenvalue weighted by Gasteiger charge is -2.22. The van der Waals surface area contributed by atoms with Gasteiger partial charge in [0.1, 0.15) is 5.54 Å². The molecule has 2 aromatic carbocycles. The Balaban J connectivity index is 1.57. The van der Waals surface area contributed by atoms with Crippen molar-refractivity contribution in [2.75, 3.05) is 6.61 Å². The van der Waals surface area contributed by atoms with Crippen molar-refractivity contribution in [1.82, 2.24) is 5.32 Å². The third-order valence-corrected chi connectivity index (χ3v) is 6.09. The molecule has 30 heavy (non-hydrogen) atoms. The third-order valence-electron chi connectivity index (χ3n) is 4.94. The van der Waals surface area contributed by atoms with Crippen molar-refractivity contribution in [2.24, 2.45) is 5.92 Å². The van der Waals surface area contributed by atoms with E-state index in [4.69, 9.17) is 10.00 Å². The van der Waals surface area contributed by atoms with Gasteiger partial charge in [0.15, 0.2) is 6.61 Å².